The van der Waals surface area contributed by atoms with E-state index in [0.717, 1.165) is 35.3 Å². The predicted molar refractivity (Wildman–Crippen MR) is 87.2 cm³/mol. The third-order valence-electron chi connectivity index (χ3n) is 4.90. The molecule has 2 saturated carbocycles. The topological polar surface area (TPSA) is 38.3 Å². The van der Waals surface area contributed by atoms with Gasteiger partial charge in [-0.25, -0.2) is 4.79 Å². The van der Waals surface area contributed by atoms with E-state index in [2.05, 4.69) is 21.2 Å². The number of rotatable bonds is 4. The second kappa shape index (κ2) is 5.99. The molecule has 0 radical (unpaired) electrons. The highest BCUT2D eigenvalue weighted by atomic mass is 79.9. The van der Waals surface area contributed by atoms with Crippen LogP contribution in [0.3, 0.4) is 0 Å². The Morgan fingerprint density at radius 3 is 2.71 bits per heavy atom. The van der Waals surface area contributed by atoms with Crippen LogP contribution in [0.1, 0.15) is 38.5 Å². The number of para-hydroxylation sites is 1. The van der Waals surface area contributed by atoms with Gasteiger partial charge >= 0.3 is 5.97 Å². The molecule has 2 unspecified atom stereocenters. The van der Waals surface area contributed by atoms with Gasteiger partial charge in [0.15, 0.2) is 0 Å². The first-order chi connectivity index (χ1) is 10.1. The molecule has 1 N–H and O–H groups in total. The van der Waals surface area contributed by atoms with Crippen molar-refractivity contribution in [2.24, 2.45) is 11.8 Å². The summed E-state index contributed by atoms with van der Waals surface area (Å²) in [7, 11) is 1.49. The third kappa shape index (κ3) is 3.10. The van der Waals surface area contributed by atoms with Crippen LogP contribution in [0.5, 0.6) is 0 Å². The Bertz CT molecular complexity index is 529. The summed E-state index contributed by atoms with van der Waals surface area (Å²) in [6.45, 7) is 0. The minimum absolute atomic E-state index is 0.122. The lowest BCUT2D eigenvalue weighted by atomic mass is 9.73. The molecule has 0 saturated heterocycles. The molecular weight excluding hydrogens is 330 g/mol. The number of methoxy groups -OCH3 is 1. The normalized spacial score (nSPS) is 29.0. The fourth-order valence-electron chi connectivity index (χ4n) is 3.65. The average Bonchev–Trinajstić information content (AvgIpc) is 3.34. The number of hydrogen-bond acceptors (Lipinski definition) is 3. The van der Waals surface area contributed by atoms with Crippen LogP contribution in [0, 0.1) is 11.8 Å². The number of nitrogens with one attached hydrogen (secondary N) is 1. The molecular formula is C17H22BrNO2. The number of anilines is 1. The van der Waals surface area contributed by atoms with Crippen LogP contribution in [-0.2, 0) is 9.53 Å². The number of carbonyl (C=O) groups is 1. The lowest BCUT2D eigenvalue weighted by Gasteiger charge is -2.40. The van der Waals surface area contributed by atoms with Gasteiger partial charge in [0, 0.05) is 10.2 Å². The number of hydrogen-bond donors (Lipinski definition) is 1. The Morgan fingerprint density at radius 1 is 1.29 bits per heavy atom. The van der Waals surface area contributed by atoms with E-state index < -0.39 is 5.54 Å². The van der Waals surface area contributed by atoms with Crippen LogP contribution in [-0.4, -0.2) is 18.6 Å². The summed E-state index contributed by atoms with van der Waals surface area (Å²) >= 11 is 3.56. The van der Waals surface area contributed by atoms with Crippen molar-refractivity contribution in [1.29, 1.82) is 0 Å². The first-order valence-corrected chi connectivity index (χ1v) is 8.55. The summed E-state index contributed by atoms with van der Waals surface area (Å²) < 4.78 is 6.12. The van der Waals surface area contributed by atoms with Gasteiger partial charge in [0.25, 0.3) is 0 Å². The van der Waals surface area contributed by atoms with Crippen LogP contribution < -0.4 is 5.32 Å². The summed E-state index contributed by atoms with van der Waals surface area (Å²) in [4.78, 5) is 12.5. The Kier molecular flexibility index (Phi) is 4.25. The maximum absolute atomic E-state index is 12.5. The van der Waals surface area contributed by atoms with Crippen LogP contribution >= 0.6 is 15.9 Å². The summed E-state index contributed by atoms with van der Waals surface area (Å²) in [5.41, 5.74) is 0.406. The monoisotopic (exact) mass is 351 g/mol. The van der Waals surface area contributed by atoms with Crippen molar-refractivity contribution in [1.82, 2.24) is 0 Å². The molecule has 114 valence electrons. The molecule has 0 aliphatic heterocycles. The molecule has 2 aliphatic carbocycles. The zero-order chi connectivity index (χ0) is 14.9. The molecule has 2 atom stereocenters. The van der Waals surface area contributed by atoms with E-state index in [4.69, 9.17) is 4.74 Å². The smallest absolute Gasteiger partial charge is 0.331 e. The lowest BCUT2D eigenvalue weighted by Crippen LogP contribution is -2.51. The highest BCUT2D eigenvalue weighted by molar-refractivity contribution is 9.10. The third-order valence-corrected chi connectivity index (χ3v) is 5.59. The predicted octanol–water partition coefficient (Wildman–Crippen LogP) is 4.37. The first-order valence-electron chi connectivity index (χ1n) is 7.76. The van der Waals surface area contributed by atoms with E-state index in [9.17, 15) is 4.79 Å². The largest absolute Gasteiger partial charge is 0.467 e. The second-order valence-electron chi connectivity index (χ2n) is 6.37. The molecule has 2 aliphatic rings. The molecule has 0 spiro atoms. The van der Waals surface area contributed by atoms with Gasteiger partial charge in [0.1, 0.15) is 5.54 Å². The Labute approximate surface area is 134 Å². The van der Waals surface area contributed by atoms with Crippen molar-refractivity contribution in [3.63, 3.8) is 0 Å². The van der Waals surface area contributed by atoms with Crippen LogP contribution in [0.15, 0.2) is 28.7 Å². The van der Waals surface area contributed by atoms with Gasteiger partial charge in [-0.3, -0.25) is 0 Å². The standard InChI is InChI=1S/C17H22BrNO2/c1-21-16(20)17(19-15-7-3-2-6-14(15)18)10-4-5-13(11-17)12-8-9-12/h2-3,6-7,12-13,19H,4-5,8-11H2,1H3. The van der Waals surface area contributed by atoms with E-state index in [1.807, 2.05) is 24.3 Å². The SMILES string of the molecule is COC(=O)C1(Nc2ccccc2Br)CCCC(C2CC2)C1. The fourth-order valence-corrected chi connectivity index (χ4v) is 4.04. The molecule has 0 aromatic heterocycles. The van der Waals surface area contributed by atoms with E-state index in [-0.39, 0.29) is 5.97 Å². The molecule has 2 fully saturated rings. The molecule has 1 aromatic rings. The number of esters is 1. The van der Waals surface area contributed by atoms with Crippen LogP contribution in [0.25, 0.3) is 0 Å². The molecule has 4 heteroatoms. The van der Waals surface area contributed by atoms with E-state index in [1.165, 1.54) is 26.4 Å². The van der Waals surface area contributed by atoms with Gasteiger partial charge in [0.05, 0.1) is 7.11 Å². The molecule has 3 rings (SSSR count). The van der Waals surface area contributed by atoms with Crippen molar-refractivity contribution >= 4 is 27.6 Å². The van der Waals surface area contributed by atoms with Gasteiger partial charge in [-0.2, -0.15) is 0 Å². The number of carbonyl (C=O) groups excluding carboxylic acids is 1. The van der Waals surface area contributed by atoms with Gasteiger partial charge in [0.2, 0.25) is 0 Å². The Hall–Kier alpha value is -1.03. The van der Waals surface area contributed by atoms with Gasteiger partial charge < -0.3 is 10.1 Å². The first kappa shape index (κ1) is 14.9. The van der Waals surface area contributed by atoms with Gasteiger partial charge in [-0.15, -0.1) is 0 Å². The maximum Gasteiger partial charge on any atom is 0.331 e. The minimum Gasteiger partial charge on any atom is -0.467 e. The van der Waals surface area contributed by atoms with Crippen molar-refractivity contribution in [2.75, 3.05) is 12.4 Å². The van der Waals surface area contributed by atoms with Crippen molar-refractivity contribution in [2.45, 2.75) is 44.1 Å². The summed E-state index contributed by atoms with van der Waals surface area (Å²) in [6.07, 6.45) is 6.75. The van der Waals surface area contributed by atoms with Crippen molar-refractivity contribution in [3.8, 4) is 0 Å². The highest BCUT2D eigenvalue weighted by Gasteiger charge is 2.47. The van der Waals surface area contributed by atoms with Crippen molar-refractivity contribution < 1.29 is 9.53 Å². The second-order valence-corrected chi connectivity index (χ2v) is 7.23. The van der Waals surface area contributed by atoms with Crippen LogP contribution in [0.2, 0.25) is 0 Å². The van der Waals surface area contributed by atoms with Gasteiger partial charge in [-0.05, 0) is 72.0 Å². The zero-order valence-corrected chi connectivity index (χ0v) is 14.0. The molecule has 3 nitrogen and oxygen atoms in total. The number of ether oxygens (including phenoxy) is 1. The van der Waals surface area contributed by atoms with E-state index >= 15 is 0 Å². The van der Waals surface area contributed by atoms with Gasteiger partial charge in [-0.1, -0.05) is 18.6 Å². The molecule has 1 aromatic carbocycles. The average molecular weight is 352 g/mol. The van der Waals surface area contributed by atoms with Crippen molar-refractivity contribution in [3.05, 3.63) is 28.7 Å². The van der Waals surface area contributed by atoms with E-state index in [1.54, 1.807) is 0 Å². The number of halogens is 1. The maximum atomic E-state index is 12.5. The number of benzene rings is 1. The molecule has 0 bridgehead atoms. The summed E-state index contributed by atoms with van der Waals surface area (Å²) in [6, 6.07) is 7.97. The quantitative estimate of drug-likeness (QED) is 0.818. The Balaban J connectivity index is 1.86. The summed E-state index contributed by atoms with van der Waals surface area (Å²) in [5, 5.41) is 3.50. The highest BCUT2D eigenvalue weighted by Crippen LogP contribution is 2.48. The lowest BCUT2D eigenvalue weighted by molar-refractivity contribution is -0.148. The zero-order valence-electron chi connectivity index (χ0n) is 12.4. The minimum atomic E-state index is -0.565. The van der Waals surface area contributed by atoms with Crippen LogP contribution in [0.4, 0.5) is 5.69 Å². The fraction of sp³-hybridized carbons (Fsp3) is 0.588. The Morgan fingerprint density at radius 2 is 2.05 bits per heavy atom. The van der Waals surface area contributed by atoms with E-state index in [0.29, 0.717) is 5.92 Å². The molecule has 21 heavy (non-hydrogen) atoms. The summed E-state index contributed by atoms with van der Waals surface area (Å²) in [5.74, 6) is 1.37. The molecule has 0 heterocycles. The molecule has 0 amide bonds.